The van der Waals surface area contributed by atoms with Crippen molar-refractivity contribution in [2.75, 3.05) is 26.2 Å². The van der Waals surface area contributed by atoms with Crippen molar-refractivity contribution >= 4 is 16.2 Å². The summed E-state index contributed by atoms with van der Waals surface area (Å²) >= 11 is 0. The van der Waals surface area contributed by atoms with Gasteiger partial charge < -0.3 is 5.11 Å². The number of piperidine rings is 1. The molecule has 9 heteroatoms. The highest BCUT2D eigenvalue weighted by Gasteiger charge is 2.46. The molecule has 1 aliphatic heterocycles. The number of halogens is 2. The minimum absolute atomic E-state index is 0.0438. The molecule has 0 unspecified atom stereocenters. The van der Waals surface area contributed by atoms with Gasteiger partial charge >= 0.3 is 5.97 Å². The van der Waals surface area contributed by atoms with Gasteiger partial charge in [-0.05, 0) is 12.8 Å². The molecule has 0 saturated carbocycles. The predicted octanol–water partition coefficient (Wildman–Crippen LogP) is 1.40. The van der Waals surface area contributed by atoms with Gasteiger partial charge in [0.2, 0.25) is 6.43 Å². The van der Waals surface area contributed by atoms with Crippen molar-refractivity contribution in [1.82, 2.24) is 8.61 Å². The van der Waals surface area contributed by atoms with Gasteiger partial charge in [-0.3, -0.25) is 4.79 Å². The molecule has 0 aliphatic carbocycles. The van der Waals surface area contributed by atoms with E-state index in [0.29, 0.717) is 13.1 Å². The number of nitrogens with zero attached hydrogens (tertiary/aromatic N) is 2. The average molecular weight is 328 g/mol. The molecule has 0 atom stereocenters. The second-order valence-electron chi connectivity index (χ2n) is 5.17. The number of carboxylic acid groups (broad SMARTS) is 1. The highest BCUT2D eigenvalue weighted by Crippen LogP contribution is 2.38. The SMILES string of the molecule is CCN(CC)S(=O)(=O)N1CCC(CC(F)F)(C(=O)O)CC1. The third kappa shape index (κ3) is 3.89. The normalized spacial score (nSPS) is 20.1. The topological polar surface area (TPSA) is 77.9 Å². The summed E-state index contributed by atoms with van der Waals surface area (Å²) in [7, 11) is -3.64. The molecule has 1 fully saturated rings. The first-order valence-corrected chi connectivity index (χ1v) is 8.36. The lowest BCUT2D eigenvalue weighted by atomic mass is 9.76. The van der Waals surface area contributed by atoms with Gasteiger partial charge in [0.05, 0.1) is 5.41 Å². The van der Waals surface area contributed by atoms with E-state index in [0.717, 1.165) is 0 Å². The minimum atomic E-state index is -3.64. The average Bonchev–Trinajstić information content (AvgIpc) is 2.39. The number of carbonyl (C=O) groups is 1. The van der Waals surface area contributed by atoms with Gasteiger partial charge in [-0.2, -0.15) is 17.0 Å². The minimum Gasteiger partial charge on any atom is -0.481 e. The van der Waals surface area contributed by atoms with Crippen LogP contribution in [0.15, 0.2) is 0 Å². The Hall–Kier alpha value is -0.800. The Balaban J connectivity index is 2.85. The van der Waals surface area contributed by atoms with Crippen LogP contribution in [0, 0.1) is 5.41 Å². The van der Waals surface area contributed by atoms with Crippen LogP contribution in [0.2, 0.25) is 0 Å². The number of aliphatic carboxylic acids is 1. The third-order valence-corrected chi connectivity index (χ3v) is 6.22. The molecule has 1 aliphatic rings. The van der Waals surface area contributed by atoms with Crippen molar-refractivity contribution in [2.24, 2.45) is 5.41 Å². The fourth-order valence-electron chi connectivity index (χ4n) is 2.66. The van der Waals surface area contributed by atoms with Crippen molar-refractivity contribution in [1.29, 1.82) is 0 Å². The maximum absolute atomic E-state index is 12.6. The Labute approximate surface area is 123 Å². The van der Waals surface area contributed by atoms with Crippen LogP contribution in [-0.2, 0) is 15.0 Å². The second-order valence-corrected chi connectivity index (χ2v) is 7.10. The molecule has 0 amide bonds. The van der Waals surface area contributed by atoms with Crippen molar-refractivity contribution in [3.63, 3.8) is 0 Å². The monoisotopic (exact) mass is 328 g/mol. The molecule has 1 rings (SSSR count). The standard InChI is InChI=1S/C12H22F2N2O4S/c1-3-15(4-2)21(19,20)16-7-5-12(6-8-16,11(17)18)9-10(13)14/h10H,3-9H2,1-2H3,(H,17,18). The Bertz CT molecular complexity index is 458. The Morgan fingerprint density at radius 3 is 2.10 bits per heavy atom. The fraction of sp³-hybridized carbons (Fsp3) is 0.917. The van der Waals surface area contributed by atoms with Gasteiger partial charge in [0, 0.05) is 32.6 Å². The van der Waals surface area contributed by atoms with Crippen LogP contribution in [0.1, 0.15) is 33.1 Å². The van der Waals surface area contributed by atoms with Crippen LogP contribution >= 0.6 is 0 Å². The first-order valence-electron chi connectivity index (χ1n) is 6.96. The number of carboxylic acids is 1. The number of rotatable bonds is 7. The molecule has 1 heterocycles. The van der Waals surface area contributed by atoms with E-state index in [9.17, 15) is 27.1 Å². The summed E-state index contributed by atoms with van der Waals surface area (Å²) in [5, 5.41) is 9.22. The molecule has 6 nitrogen and oxygen atoms in total. The van der Waals surface area contributed by atoms with Gasteiger partial charge in [-0.1, -0.05) is 13.8 Å². The molecule has 0 aromatic heterocycles. The fourth-order valence-corrected chi connectivity index (χ4v) is 4.28. The molecular weight excluding hydrogens is 306 g/mol. The van der Waals surface area contributed by atoms with Gasteiger partial charge in [0.15, 0.2) is 0 Å². The molecule has 21 heavy (non-hydrogen) atoms. The van der Waals surface area contributed by atoms with E-state index in [1.54, 1.807) is 13.8 Å². The highest BCUT2D eigenvalue weighted by molar-refractivity contribution is 7.86. The number of hydrogen-bond donors (Lipinski definition) is 1. The zero-order chi connectivity index (χ0) is 16.3. The van der Waals surface area contributed by atoms with Gasteiger partial charge in [-0.15, -0.1) is 0 Å². The first kappa shape index (κ1) is 18.2. The largest absolute Gasteiger partial charge is 0.481 e. The lowest BCUT2D eigenvalue weighted by Gasteiger charge is -2.39. The molecule has 1 N–H and O–H groups in total. The highest BCUT2D eigenvalue weighted by atomic mass is 32.2. The van der Waals surface area contributed by atoms with Gasteiger partial charge in [-0.25, -0.2) is 8.78 Å². The van der Waals surface area contributed by atoms with Gasteiger partial charge in [0.25, 0.3) is 10.2 Å². The van der Waals surface area contributed by atoms with Crippen molar-refractivity contribution in [3.8, 4) is 0 Å². The summed E-state index contributed by atoms with van der Waals surface area (Å²) in [6, 6.07) is 0. The van der Waals surface area contributed by atoms with E-state index >= 15 is 0 Å². The van der Waals surface area contributed by atoms with Crippen LogP contribution in [0.4, 0.5) is 8.78 Å². The van der Waals surface area contributed by atoms with Crippen LogP contribution < -0.4 is 0 Å². The number of hydrogen-bond acceptors (Lipinski definition) is 3. The van der Waals surface area contributed by atoms with E-state index in [2.05, 4.69) is 0 Å². The van der Waals surface area contributed by atoms with E-state index in [-0.39, 0.29) is 25.9 Å². The first-order chi connectivity index (χ1) is 9.69. The third-order valence-electron chi connectivity index (χ3n) is 4.04. The van der Waals surface area contributed by atoms with E-state index in [4.69, 9.17) is 0 Å². The number of alkyl halides is 2. The van der Waals surface area contributed by atoms with Crippen LogP contribution in [0.5, 0.6) is 0 Å². The van der Waals surface area contributed by atoms with Crippen molar-refractivity contribution < 1.29 is 27.1 Å². The molecule has 0 spiro atoms. The second kappa shape index (κ2) is 6.97. The Morgan fingerprint density at radius 1 is 1.29 bits per heavy atom. The lowest BCUT2D eigenvalue weighted by Crippen LogP contribution is -2.51. The summed E-state index contributed by atoms with van der Waals surface area (Å²) in [6.45, 7) is 3.97. The summed E-state index contributed by atoms with van der Waals surface area (Å²) in [5.41, 5.74) is -1.52. The summed E-state index contributed by atoms with van der Waals surface area (Å²) < 4.78 is 52.3. The Kier molecular flexibility index (Phi) is 6.06. The maximum atomic E-state index is 12.6. The van der Waals surface area contributed by atoms with Crippen molar-refractivity contribution in [3.05, 3.63) is 0 Å². The molecule has 124 valence electrons. The molecule has 1 saturated heterocycles. The van der Waals surface area contributed by atoms with E-state index < -0.39 is 34.4 Å². The van der Waals surface area contributed by atoms with E-state index in [1.807, 2.05) is 0 Å². The summed E-state index contributed by atoms with van der Waals surface area (Å²) in [4.78, 5) is 11.3. The smallest absolute Gasteiger partial charge is 0.309 e. The summed E-state index contributed by atoms with van der Waals surface area (Å²) in [6.07, 6.45) is -3.63. The maximum Gasteiger partial charge on any atom is 0.309 e. The van der Waals surface area contributed by atoms with Crippen LogP contribution in [0.25, 0.3) is 0 Å². The van der Waals surface area contributed by atoms with Crippen LogP contribution in [-0.4, -0.2) is 60.7 Å². The van der Waals surface area contributed by atoms with E-state index in [1.165, 1.54) is 8.61 Å². The van der Waals surface area contributed by atoms with Crippen LogP contribution in [0.3, 0.4) is 0 Å². The quantitative estimate of drug-likeness (QED) is 0.766. The lowest BCUT2D eigenvalue weighted by molar-refractivity contribution is -0.154. The predicted molar refractivity (Wildman–Crippen MR) is 73.3 cm³/mol. The van der Waals surface area contributed by atoms with Gasteiger partial charge in [0.1, 0.15) is 0 Å². The zero-order valence-corrected chi connectivity index (χ0v) is 13.1. The molecule has 0 aromatic rings. The zero-order valence-electron chi connectivity index (χ0n) is 12.3. The Morgan fingerprint density at radius 2 is 1.76 bits per heavy atom. The molecule has 0 radical (unpaired) electrons. The summed E-state index contributed by atoms with van der Waals surface area (Å²) in [5.74, 6) is -1.28. The van der Waals surface area contributed by atoms with Crippen molar-refractivity contribution in [2.45, 2.75) is 39.5 Å². The molecule has 0 aromatic carbocycles. The molecule has 0 bridgehead atoms. The molecular formula is C12H22F2N2O4S.